The van der Waals surface area contributed by atoms with E-state index in [9.17, 15) is 4.39 Å². The van der Waals surface area contributed by atoms with E-state index in [1.54, 1.807) is 0 Å². The summed E-state index contributed by atoms with van der Waals surface area (Å²) >= 11 is 8.62. The van der Waals surface area contributed by atoms with Gasteiger partial charge in [0.15, 0.2) is 0 Å². The van der Waals surface area contributed by atoms with Gasteiger partial charge in [0.2, 0.25) is 0 Å². The van der Waals surface area contributed by atoms with E-state index in [0.29, 0.717) is 10.6 Å². The SMILES string of the molecule is OCc1c(Cl)ccc(F)c1Br. The van der Waals surface area contributed by atoms with Gasteiger partial charge in [-0.2, -0.15) is 0 Å². The molecule has 1 aromatic rings. The molecule has 60 valence electrons. The average molecular weight is 239 g/mol. The lowest BCUT2D eigenvalue weighted by molar-refractivity contribution is 0.280. The molecule has 0 heterocycles. The van der Waals surface area contributed by atoms with E-state index in [0.717, 1.165) is 0 Å². The molecule has 1 nitrogen and oxygen atoms in total. The van der Waals surface area contributed by atoms with Crippen LogP contribution in [0.4, 0.5) is 4.39 Å². The molecule has 0 radical (unpaired) electrons. The summed E-state index contributed by atoms with van der Waals surface area (Å²) in [7, 11) is 0. The van der Waals surface area contributed by atoms with Crippen molar-refractivity contribution in [3.63, 3.8) is 0 Å². The van der Waals surface area contributed by atoms with Crippen molar-refractivity contribution in [1.29, 1.82) is 0 Å². The number of aliphatic hydroxyl groups is 1. The first-order valence-corrected chi connectivity index (χ1v) is 4.07. The number of rotatable bonds is 1. The Morgan fingerprint density at radius 2 is 2.18 bits per heavy atom. The second kappa shape index (κ2) is 3.52. The van der Waals surface area contributed by atoms with Crippen molar-refractivity contribution >= 4 is 27.5 Å². The Kier molecular flexibility index (Phi) is 2.87. The maximum Gasteiger partial charge on any atom is 0.137 e. The van der Waals surface area contributed by atoms with Gasteiger partial charge < -0.3 is 5.11 Å². The van der Waals surface area contributed by atoms with E-state index >= 15 is 0 Å². The number of benzene rings is 1. The molecule has 0 aromatic heterocycles. The van der Waals surface area contributed by atoms with Crippen molar-refractivity contribution in [1.82, 2.24) is 0 Å². The minimum atomic E-state index is -0.418. The van der Waals surface area contributed by atoms with Gasteiger partial charge in [0.25, 0.3) is 0 Å². The van der Waals surface area contributed by atoms with Gasteiger partial charge in [-0.25, -0.2) is 4.39 Å². The Bertz CT molecular complexity index is 277. The zero-order chi connectivity index (χ0) is 8.43. The smallest absolute Gasteiger partial charge is 0.137 e. The van der Waals surface area contributed by atoms with Crippen molar-refractivity contribution < 1.29 is 9.50 Å². The molecule has 0 fully saturated rings. The molecule has 0 spiro atoms. The maximum absolute atomic E-state index is 12.7. The summed E-state index contributed by atoms with van der Waals surface area (Å²) in [5, 5.41) is 9.10. The van der Waals surface area contributed by atoms with Crippen LogP contribution in [0.15, 0.2) is 16.6 Å². The van der Waals surface area contributed by atoms with Gasteiger partial charge in [-0.1, -0.05) is 11.6 Å². The third-order valence-corrected chi connectivity index (χ3v) is 2.51. The Morgan fingerprint density at radius 1 is 1.55 bits per heavy atom. The molecule has 0 aliphatic rings. The number of hydrogen-bond acceptors (Lipinski definition) is 1. The van der Waals surface area contributed by atoms with Gasteiger partial charge in [-0.3, -0.25) is 0 Å². The molecule has 0 aliphatic carbocycles. The van der Waals surface area contributed by atoms with Crippen molar-refractivity contribution in [2.75, 3.05) is 0 Å². The normalized spacial score (nSPS) is 10.2. The highest BCUT2D eigenvalue weighted by Crippen LogP contribution is 2.27. The molecular formula is C7H5BrClFO. The predicted octanol–water partition coefficient (Wildman–Crippen LogP) is 2.73. The number of aliphatic hydroxyl groups excluding tert-OH is 1. The van der Waals surface area contributed by atoms with Crippen LogP contribution < -0.4 is 0 Å². The summed E-state index contributed by atoms with van der Waals surface area (Å²) < 4.78 is 13.0. The van der Waals surface area contributed by atoms with Crippen LogP contribution >= 0.6 is 27.5 Å². The fourth-order valence-corrected chi connectivity index (χ4v) is 1.52. The zero-order valence-electron chi connectivity index (χ0n) is 5.44. The monoisotopic (exact) mass is 238 g/mol. The Labute approximate surface area is 76.9 Å². The first-order chi connectivity index (χ1) is 5.16. The van der Waals surface area contributed by atoms with E-state index < -0.39 is 5.82 Å². The highest BCUT2D eigenvalue weighted by molar-refractivity contribution is 9.10. The molecule has 4 heteroatoms. The highest BCUT2D eigenvalue weighted by Gasteiger charge is 2.07. The Hall–Kier alpha value is -0.120. The highest BCUT2D eigenvalue weighted by atomic mass is 79.9. The minimum Gasteiger partial charge on any atom is -0.392 e. The molecule has 0 saturated carbocycles. The zero-order valence-corrected chi connectivity index (χ0v) is 7.78. The minimum absolute atomic E-state index is 0.229. The third kappa shape index (κ3) is 1.72. The summed E-state index contributed by atoms with van der Waals surface area (Å²) in [6.45, 7) is -0.267. The third-order valence-electron chi connectivity index (χ3n) is 1.30. The van der Waals surface area contributed by atoms with Crippen molar-refractivity contribution in [2.45, 2.75) is 6.61 Å². The molecule has 1 rings (SSSR count). The molecule has 0 bridgehead atoms. The number of hydrogen-bond donors (Lipinski definition) is 1. The standard InChI is InChI=1S/C7H5BrClFO/c8-7-4(3-11)5(9)1-2-6(7)10/h1-2,11H,3H2. The van der Waals surface area contributed by atoms with E-state index in [1.165, 1.54) is 12.1 Å². The van der Waals surface area contributed by atoms with Crippen LogP contribution in [0, 0.1) is 5.82 Å². The molecule has 11 heavy (non-hydrogen) atoms. The second-order valence-electron chi connectivity index (χ2n) is 1.98. The van der Waals surface area contributed by atoms with E-state index in [4.69, 9.17) is 16.7 Å². The van der Waals surface area contributed by atoms with Gasteiger partial charge in [-0.05, 0) is 28.1 Å². The van der Waals surface area contributed by atoms with Crippen LogP contribution in [0.25, 0.3) is 0 Å². The number of halogens is 3. The lowest BCUT2D eigenvalue weighted by atomic mass is 10.2. The summed E-state index contributed by atoms with van der Waals surface area (Å²) in [6, 6.07) is 2.65. The van der Waals surface area contributed by atoms with E-state index in [-0.39, 0.29) is 11.1 Å². The van der Waals surface area contributed by atoms with Gasteiger partial charge >= 0.3 is 0 Å². The summed E-state index contributed by atoms with van der Waals surface area (Å²) in [5.74, 6) is -0.418. The van der Waals surface area contributed by atoms with Crippen molar-refractivity contribution in [2.24, 2.45) is 0 Å². The summed E-state index contributed by atoms with van der Waals surface area (Å²) in [6.07, 6.45) is 0. The molecular weight excluding hydrogens is 234 g/mol. The van der Waals surface area contributed by atoms with Crippen molar-refractivity contribution in [3.8, 4) is 0 Å². The molecule has 1 aromatic carbocycles. The van der Waals surface area contributed by atoms with E-state index in [2.05, 4.69) is 15.9 Å². The second-order valence-corrected chi connectivity index (χ2v) is 3.18. The maximum atomic E-state index is 12.7. The fourth-order valence-electron chi connectivity index (χ4n) is 0.714. The van der Waals surface area contributed by atoms with Gasteiger partial charge in [0.05, 0.1) is 11.1 Å². The van der Waals surface area contributed by atoms with Crippen LogP contribution in [0.3, 0.4) is 0 Å². The van der Waals surface area contributed by atoms with Gasteiger partial charge in [-0.15, -0.1) is 0 Å². The Morgan fingerprint density at radius 3 is 2.64 bits per heavy atom. The molecule has 0 atom stereocenters. The van der Waals surface area contributed by atoms with Crippen molar-refractivity contribution in [3.05, 3.63) is 33.0 Å². The van der Waals surface area contributed by atoms with Crippen LogP contribution in [-0.4, -0.2) is 5.11 Å². The first kappa shape index (κ1) is 8.97. The van der Waals surface area contributed by atoms with Gasteiger partial charge in [0.1, 0.15) is 5.82 Å². The summed E-state index contributed by atoms with van der Waals surface area (Å²) in [4.78, 5) is 0. The van der Waals surface area contributed by atoms with E-state index in [1.807, 2.05) is 0 Å². The molecule has 1 N–H and O–H groups in total. The topological polar surface area (TPSA) is 20.2 Å². The van der Waals surface area contributed by atoms with Gasteiger partial charge in [0, 0.05) is 10.6 Å². The lowest BCUT2D eigenvalue weighted by Gasteiger charge is -2.03. The molecule has 0 amide bonds. The largest absolute Gasteiger partial charge is 0.392 e. The first-order valence-electron chi connectivity index (χ1n) is 2.90. The lowest BCUT2D eigenvalue weighted by Crippen LogP contribution is -1.89. The molecule has 0 aliphatic heterocycles. The van der Waals surface area contributed by atoms with Crippen LogP contribution in [0.1, 0.15) is 5.56 Å². The average Bonchev–Trinajstić information content (AvgIpc) is 1.99. The van der Waals surface area contributed by atoms with Crippen LogP contribution in [0.2, 0.25) is 5.02 Å². The fraction of sp³-hybridized carbons (Fsp3) is 0.143. The molecule has 0 unspecified atom stereocenters. The van der Waals surface area contributed by atoms with Crippen LogP contribution in [0.5, 0.6) is 0 Å². The predicted molar refractivity (Wildman–Crippen MR) is 45.0 cm³/mol. The quantitative estimate of drug-likeness (QED) is 0.747. The van der Waals surface area contributed by atoms with Crippen LogP contribution in [-0.2, 0) is 6.61 Å². The molecule has 0 saturated heterocycles. The Balaban J connectivity index is 3.29. The summed E-state index contributed by atoms with van der Waals surface area (Å²) in [5.41, 5.74) is 0.381.